The molecule has 3 heterocycles. The predicted octanol–water partition coefficient (Wildman–Crippen LogP) is 3.49. The Morgan fingerprint density at radius 2 is 2.10 bits per heavy atom. The smallest absolute Gasteiger partial charge is 0.137 e. The average molecular weight is 280 g/mol. The first-order valence-corrected chi connectivity index (χ1v) is 7.84. The van der Waals surface area contributed by atoms with Crippen LogP contribution in [-0.2, 0) is 0 Å². The van der Waals surface area contributed by atoms with Crippen LogP contribution in [0.2, 0.25) is 0 Å². The number of H-pyrrole nitrogens is 1. The quantitative estimate of drug-likeness (QED) is 0.884. The van der Waals surface area contributed by atoms with Gasteiger partial charge in [-0.2, -0.15) is 0 Å². The van der Waals surface area contributed by atoms with Gasteiger partial charge in [0.15, 0.2) is 0 Å². The number of hydrogen-bond donors (Lipinski definition) is 2. The fraction of sp³-hybridized carbons (Fsp3) is 0.412. The topological polar surface area (TPSA) is 53.1 Å². The number of aliphatic imine (C=N–C) groups is 1. The summed E-state index contributed by atoms with van der Waals surface area (Å²) in [4.78, 5) is 12.3. The van der Waals surface area contributed by atoms with Gasteiger partial charge in [-0.3, -0.25) is 4.99 Å². The van der Waals surface area contributed by atoms with Crippen molar-refractivity contribution in [1.29, 1.82) is 0 Å². The van der Waals surface area contributed by atoms with Crippen molar-refractivity contribution in [2.75, 3.05) is 6.54 Å². The highest BCUT2D eigenvalue weighted by Gasteiger charge is 2.22. The van der Waals surface area contributed by atoms with E-state index in [1.165, 1.54) is 49.2 Å². The Bertz CT molecular complexity index is 704. The summed E-state index contributed by atoms with van der Waals surface area (Å²) in [5, 5.41) is 4.71. The third-order valence-corrected chi connectivity index (χ3v) is 4.51. The molecule has 1 aliphatic carbocycles. The fourth-order valence-electron chi connectivity index (χ4n) is 3.39. The summed E-state index contributed by atoms with van der Waals surface area (Å²) in [5.74, 6) is 1.85. The second kappa shape index (κ2) is 5.35. The maximum atomic E-state index is 4.71. The molecule has 108 valence electrons. The summed E-state index contributed by atoms with van der Waals surface area (Å²) in [6.45, 7) is 0.777. The maximum absolute atomic E-state index is 4.71. The molecule has 0 amide bonds. The molecule has 21 heavy (non-hydrogen) atoms. The molecule has 2 aromatic rings. The SMILES string of the molecule is C(=C1\CN=C(C2CCCCC2)N1)/c1c[nH]c2ncccc12. The maximum Gasteiger partial charge on any atom is 0.137 e. The Labute approximate surface area is 124 Å². The molecule has 0 unspecified atom stereocenters. The Morgan fingerprint density at radius 1 is 1.19 bits per heavy atom. The van der Waals surface area contributed by atoms with Crippen molar-refractivity contribution in [1.82, 2.24) is 15.3 Å². The summed E-state index contributed by atoms with van der Waals surface area (Å²) in [5.41, 5.74) is 3.32. The standard InChI is InChI=1S/C17H20N4/c1-2-5-12(6-3-1)16-20-11-14(21-16)9-13-10-19-17-15(13)7-4-8-18-17/h4,7-10,12H,1-3,5-6,11H2,(H,18,19)(H,20,21)/b14-9-. The summed E-state index contributed by atoms with van der Waals surface area (Å²) in [6, 6.07) is 4.08. The second-order valence-electron chi connectivity index (χ2n) is 5.97. The number of amidine groups is 1. The molecule has 1 saturated carbocycles. The van der Waals surface area contributed by atoms with E-state index in [1.54, 1.807) is 0 Å². The van der Waals surface area contributed by atoms with Crippen LogP contribution in [0, 0.1) is 5.92 Å². The van der Waals surface area contributed by atoms with Crippen molar-refractivity contribution in [3.8, 4) is 0 Å². The third kappa shape index (κ3) is 2.46. The predicted molar refractivity (Wildman–Crippen MR) is 86.1 cm³/mol. The molecule has 0 saturated heterocycles. The van der Waals surface area contributed by atoms with E-state index in [1.807, 2.05) is 18.5 Å². The minimum Gasteiger partial charge on any atom is -0.346 e. The zero-order chi connectivity index (χ0) is 14.1. The molecule has 0 spiro atoms. The van der Waals surface area contributed by atoms with Crippen LogP contribution in [0.25, 0.3) is 17.1 Å². The normalized spacial score (nSPS) is 21.7. The van der Waals surface area contributed by atoms with Crippen LogP contribution in [0.4, 0.5) is 0 Å². The van der Waals surface area contributed by atoms with E-state index in [-0.39, 0.29) is 0 Å². The van der Waals surface area contributed by atoms with Crippen LogP contribution in [-0.4, -0.2) is 22.3 Å². The number of hydrogen-bond acceptors (Lipinski definition) is 3. The minimum absolute atomic E-state index is 0.647. The van der Waals surface area contributed by atoms with Crippen LogP contribution in [0.5, 0.6) is 0 Å². The number of aromatic nitrogens is 2. The van der Waals surface area contributed by atoms with E-state index in [4.69, 9.17) is 4.99 Å². The van der Waals surface area contributed by atoms with Gasteiger partial charge in [-0.1, -0.05) is 19.3 Å². The molecule has 4 heteroatoms. The summed E-state index contributed by atoms with van der Waals surface area (Å²) < 4.78 is 0. The molecule has 0 bridgehead atoms. The minimum atomic E-state index is 0.647. The van der Waals surface area contributed by atoms with E-state index >= 15 is 0 Å². The molecule has 0 radical (unpaired) electrons. The largest absolute Gasteiger partial charge is 0.346 e. The molecule has 4 rings (SSSR count). The van der Waals surface area contributed by atoms with E-state index in [0.717, 1.165) is 17.6 Å². The molecule has 4 nitrogen and oxygen atoms in total. The van der Waals surface area contributed by atoms with Crippen LogP contribution < -0.4 is 5.32 Å². The van der Waals surface area contributed by atoms with Gasteiger partial charge in [0.05, 0.1) is 6.54 Å². The van der Waals surface area contributed by atoms with Crippen molar-refractivity contribution < 1.29 is 0 Å². The first kappa shape index (κ1) is 12.6. The van der Waals surface area contributed by atoms with E-state index in [2.05, 4.69) is 27.4 Å². The molecule has 2 aromatic heterocycles. The molecule has 0 aromatic carbocycles. The highest BCUT2D eigenvalue weighted by molar-refractivity contribution is 5.91. The van der Waals surface area contributed by atoms with Gasteiger partial charge in [0.2, 0.25) is 0 Å². The first-order chi connectivity index (χ1) is 10.4. The lowest BCUT2D eigenvalue weighted by atomic mass is 9.88. The van der Waals surface area contributed by atoms with E-state index < -0.39 is 0 Å². The summed E-state index contributed by atoms with van der Waals surface area (Å²) in [6.07, 6.45) is 12.7. The molecule has 1 fully saturated rings. The molecular weight excluding hydrogens is 260 g/mol. The van der Waals surface area contributed by atoms with Crippen LogP contribution >= 0.6 is 0 Å². The highest BCUT2D eigenvalue weighted by atomic mass is 15.1. The number of nitrogens with one attached hydrogen (secondary N) is 2. The zero-order valence-electron chi connectivity index (χ0n) is 12.1. The molecule has 2 N–H and O–H groups in total. The third-order valence-electron chi connectivity index (χ3n) is 4.51. The van der Waals surface area contributed by atoms with Crippen molar-refractivity contribution in [3.05, 3.63) is 35.8 Å². The number of nitrogens with zero attached hydrogens (tertiary/aromatic N) is 2. The Hall–Kier alpha value is -2.10. The number of rotatable bonds is 2. The van der Waals surface area contributed by atoms with Gasteiger partial charge in [-0.25, -0.2) is 4.98 Å². The summed E-state index contributed by atoms with van der Waals surface area (Å²) >= 11 is 0. The van der Waals surface area contributed by atoms with Gasteiger partial charge in [-0.05, 0) is 31.1 Å². The lowest BCUT2D eigenvalue weighted by Crippen LogP contribution is -2.27. The van der Waals surface area contributed by atoms with Gasteiger partial charge < -0.3 is 10.3 Å². The van der Waals surface area contributed by atoms with Crippen LogP contribution in [0.1, 0.15) is 37.7 Å². The van der Waals surface area contributed by atoms with Crippen molar-refractivity contribution >= 4 is 22.9 Å². The summed E-state index contributed by atoms with van der Waals surface area (Å²) in [7, 11) is 0. The Kier molecular flexibility index (Phi) is 3.22. The van der Waals surface area contributed by atoms with Crippen molar-refractivity contribution in [2.45, 2.75) is 32.1 Å². The zero-order valence-corrected chi connectivity index (χ0v) is 12.1. The van der Waals surface area contributed by atoms with Gasteiger partial charge in [0, 0.05) is 35.0 Å². The molecular formula is C17H20N4. The van der Waals surface area contributed by atoms with Crippen molar-refractivity contribution in [3.63, 3.8) is 0 Å². The lowest BCUT2D eigenvalue weighted by molar-refractivity contribution is 0.435. The lowest BCUT2D eigenvalue weighted by Gasteiger charge is -2.21. The average Bonchev–Trinajstić information content (AvgIpc) is 3.17. The van der Waals surface area contributed by atoms with E-state index in [0.29, 0.717) is 5.92 Å². The Morgan fingerprint density at radius 3 is 3.00 bits per heavy atom. The highest BCUT2D eigenvalue weighted by Crippen LogP contribution is 2.26. The number of fused-ring (bicyclic) bond motifs is 1. The van der Waals surface area contributed by atoms with Gasteiger partial charge in [0.1, 0.15) is 11.5 Å². The molecule has 2 aliphatic rings. The van der Waals surface area contributed by atoms with Gasteiger partial charge in [0.25, 0.3) is 0 Å². The monoisotopic (exact) mass is 280 g/mol. The second-order valence-corrected chi connectivity index (χ2v) is 5.97. The number of pyridine rings is 1. The van der Waals surface area contributed by atoms with E-state index in [9.17, 15) is 0 Å². The first-order valence-electron chi connectivity index (χ1n) is 7.84. The van der Waals surface area contributed by atoms with Gasteiger partial charge >= 0.3 is 0 Å². The van der Waals surface area contributed by atoms with Crippen LogP contribution in [0.15, 0.2) is 35.2 Å². The van der Waals surface area contributed by atoms with Crippen molar-refractivity contribution in [2.24, 2.45) is 10.9 Å². The fourth-order valence-corrected chi connectivity index (χ4v) is 3.39. The number of aromatic amines is 1. The van der Waals surface area contributed by atoms with Crippen LogP contribution in [0.3, 0.4) is 0 Å². The van der Waals surface area contributed by atoms with Gasteiger partial charge in [-0.15, -0.1) is 0 Å². The molecule has 0 atom stereocenters. The molecule has 1 aliphatic heterocycles. The Balaban J connectivity index is 1.53.